The second kappa shape index (κ2) is 6.82. The Hall–Kier alpha value is -1.24. The smallest absolute Gasteiger partial charge is 0.238 e. The summed E-state index contributed by atoms with van der Waals surface area (Å²) in [5, 5.41) is 6.54. The highest BCUT2D eigenvalue weighted by molar-refractivity contribution is 8.01. The molecule has 0 saturated carbocycles. The summed E-state index contributed by atoms with van der Waals surface area (Å²) >= 11 is 7.43. The molecule has 2 N–H and O–H groups in total. The van der Waals surface area contributed by atoms with Crippen LogP contribution in [-0.2, 0) is 9.59 Å². The van der Waals surface area contributed by atoms with Gasteiger partial charge >= 0.3 is 0 Å². The highest BCUT2D eigenvalue weighted by atomic mass is 35.5. The van der Waals surface area contributed by atoms with E-state index in [1.165, 1.54) is 18.2 Å². The van der Waals surface area contributed by atoms with Gasteiger partial charge in [0.15, 0.2) is 0 Å². The van der Waals surface area contributed by atoms with Gasteiger partial charge in [0.05, 0.1) is 10.9 Å². The molecule has 3 heterocycles. The van der Waals surface area contributed by atoms with Gasteiger partial charge in [0.2, 0.25) is 11.8 Å². The van der Waals surface area contributed by atoms with E-state index in [4.69, 9.17) is 11.6 Å². The second-order valence-corrected chi connectivity index (χ2v) is 8.93. The number of rotatable bonds is 2. The number of carbonyl (C=O) groups excluding carboxylic acids is 2. The Bertz CT molecular complexity index is 696. The van der Waals surface area contributed by atoms with E-state index in [0.29, 0.717) is 10.4 Å². The third kappa shape index (κ3) is 3.52. The van der Waals surface area contributed by atoms with Crippen molar-refractivity contribution in [2.75, 3.05) is 31.5 Å². The van der Waals surface area contributed by atoms with E-state index in [2.05, 4.69) is 10.6 Å². The summed E-state index contributed by atoms with van der Waals surface area (Å²) in [5.74, 6) is -0.0209. The van der Waals surface area contributed by atoms with Gasteiger partial charge in [-0.3, -0.25) is 9.59 Å². The van der Waals surface area contributed by atoms with Crippen LogP contribution in [0.15, 0.2) is 23.1 Å². The van der Waals surface area contributed by atoms with Crippen molar-refractivity contribution in [3.63, 3.8) is 0 Å². The predicted octanol–water partition coefficient (Wildman–Crippen LogP) is 2.75. The molecule has 2 amide bonds. The number of thioether (sulfide) groups is 1. The zero-order valence-corrected chi connectivity index (χ0v) is 15.6. The topological polar surface area (TPSA) is 61.4 Å². The molecule has 0 aromatic heterocycles. The number of hydrogen-bond acceptors (Lipinski definition) is 4. The molecule has 4 rings (SSSR count). The summed E-state index contributed by atoms with van der Waals surface area (Å²) in [7, 11) is 0. The molecule has 0 bridgehead atoms. The number of benzene rings is 1. The molecular weight excluding hydrogens is 358 g/mol. The van der Waals surface area contributed by atoms with E-state index >= 15 is 0 Å². The number of hydrogen-bond donors (Lipinski definition) is 2. The van der Waals surface area contributed by atoms with Crippen LogP contribution in [0.1, 0.15) is 25.7 Å². The van der Waals surface area contributed by atoms with Crippen molar-refractivity contribution in [3.05, 3.63) is 23.2 Å². The Labute approximate surface area is 156 Å². The summed E-state index contributed by atoms with van der Waals surface area (Å²) in [5.41, 5.74) is 1.13. The molecule has 7 heteroatoms. The van der Waals surface area contributed by atoms with E-state index in [1.54, 1.807) is 6.07 Å². The van der Waals surface area contributed by atoms with Crippen LogP contribution in [0.4, 0.5) is 5.69 Å². The number of likely N-dealkylation sites (tertiary alicyclic amines) is 1. The molecule has 3 aliphatic heterocycles. The van der Waals surface area contributed by atoms with Gasteiger partial charge in [-0.2, -0.15) is 0 Å². The lowest BCUT2D eigenvalue weighted by atomic mass is 9.78. The SMILES string of the molecule is O=C1Nc2cc(Cl)ccc2SC1CC(=O)N1CCC2(CCNC2)CC1. The molecule has 1 aromatic rings. The van der Waals surface area contributed by atoms with Crippen molar-refractivity contribution in [2.24, 2.45) is 5.41 Å². The molecule has 1 unspecified atom stereocenters. The maximum absolute atomic E-state index is 12.7. The molecule has 1 spiro atoms. The van der Waals surface area contributed by atoms with Crippen LogP contribution in [0.25, 0.3) is 0 Å². The Morgan fingerprint density at radius 3 is 2.84 bits per heavy atom. The Morgan fingerprint density at radius 2 is 2.12 bits per heavy atom. The van der Waals surface area contributed by atoms with Crippen LogP contribution < -0.4 is 10.6 Å². The zero-order chi connectivity index (χ0) is 17.4. The zero-order valence-electron chi connectivity index (χ0n) is 14.0. The number of anilines is 1. The number of piperidine rings is 1. The van der Waals surface area contributed by atoms with Gasteiger partial charge < -0.3 is 15.5 Å². The largest absolute Gasteiger partial charge is 0.343 e. The lowest BCUT2D eigenvalue weighted by Gasteiger charge is -2.39. The van der Waals surface area contributed by atoms with Crippen LogP contribution in [0.5, 0.6) is 0 Å². The van der Waals surface area contributed by atoms with E-state index in [-0.39, 0.29) is 23.5 Å². The standard InChI is InChI=1S/C18H22ClN3O2S/c19-12-1-2-14-13(9-12)21-17(24)15(25-14)10-16(23)22-7-4-18(5-8-22)3-6-20-11-18/h1-2,9,15,20H,3-8,10-11H2,(H,21,24). The van der Waals surface area contributed by atoms with Gasteiger partial charge in [-0.1, -0.05) is 11.6 Å². The Morgan fingerprint density at radius 1 is 1.32 bits per heavy atom. The van der Waals surface area contributed by atoms with Crippen molar-refractivity contribution in [2.45, 2.75) is 35.8 Å². The van der Waals surface area contributed by atoms with E-state index in [0.717, 1.165) is 49.6 Å². The number of amides is 2. The van der Waals surface area contributed by atoms with Crippen LogP contribution in [0.2, 0.25) is 5.02 Å². The molecule has 25 heavy (non-hydrogen) atoms. The number of carbonyl (C=O) groups is 2. The summed E-state index contributed by atoms with van der Waals surface area (Å²) in [4.78, 5) is 27.9. The third-order valence-corrected chi connectivity index (χ3v) is 7.14. The second-order valence-electron chi connectivity index (χ2n) is 7.25. The fourth-order valence-corrected chi connectivity index (χ4v) is 5.25. The minimum atomic E-state index is -0.370. The summed E-state index contributed by atoms with van der Waals surface area (Å²) in [6.45, 7) is 3.79. The summed E-state index contributed by atoms with van der Waals surface area (Å²) < 4.78 is 0. The minimum Gasteiger partial charge on any atom is -0.343 e. The summed E-state index contributed by atoms with van der Waals surface area (Å²) in [6, 6.07) is 5.46. The normalized spacial score (nSPS) is 24.9. The van der Waals surface area contributed by atoms with Crippen molar-refractivity contribution in [3.8, 4) is 0 Å². The van der Waals surface area contributed by atoms with Gasteiger partial charge in [-0.25, -0.2) is 0 Å². The lowest BCUT2D eigenvalue weighted by Crippen LogP contribution is -2.45. The first kappa shape index (κ1) is 17.2. The quantitative estimate of drug-likeness (QED) is 0.829. The first-order valence-electron chi connectivity index (χ1n) is 8.80. The minimum absolute atomic E-state index is 0.0888. The van der Waals surface area contributed by atoms with Gasteiger partial charge in [-0.05, 0) is 49.4 Å². The third-order valence-electron chi connectivity index (χ3n) is 5.63. The Kier molecular flexibility index (Phi) is 4.69. The van der Waals surface area contributed by atoms with Gasteiger partial charge in [-0.15, -0.1) is 11.8 Å². The van der Waals surface area contributed by atoms with Crippen molar-refractivity contribution < 1.29 is 9.59 Å². The molecule has 1 aromatic carbocycles. The lowest BCUT2D eigenvalue weighted by molar-refractivity contribution is -0.134. The highest BCUT2D eigenvalue weighted by Gasteiger charge is 2.39. The number of fused-ring (bicyclic) bond motifs is 1. The molecule has 0 radical (unpaired) electrons. The molecule has 5 nitrogen and oxygen atoms in total. The number of nitrogens with zero attached hydrogens (tertiary/aromatic N) is 1. The first-order chi connectivity index (χ1) is 12.0. The van der Waals surface area contributed by atoms with Crippen LogP contribution in [-0.4, -0.2) is 48.1 Å². The monoisotopic (exact) mass is 379 g/mol. The van der Waals surface area contributed by atoms with Gasteiger partial charge in [0.1, 0.15) is 0 Å². The van der Waals surface area contributed by atoms with Crippen LogP contribution in [0, 0.1) is 5.41 Å². The van der Waals surface area contributed by atoms with Crippen molar-refractivity contribution >= 4 is 40.9 Å². The predicted molar refractivity (Wildman–Crippen MR) is 100 cm³/mol. The molecule has 2 fully saturated rings. The fourth-order valence-electron chi connectivity index (χ4n) is 4.00. The maximum Gasteiger partial charge on any atom is 0.238 e. The van der Waals surface area contributed by atoms with Crippen LogP contribution in [0.3, 0.4) is 0 Å². The number of nitrogens with one attached hydrogen (secondary N) is 2. The fraction of sp³-hybridized carbons (Fsp3) is 0.556. The van der Waals surface area contributed by atoms with Crippen molar-refractivity contribution in [1.82, 2.24) is 10.2 Å². The van der Waals surface area contributed by atoms with Gasteiger partial charge in [0.25, 0.3) is 0 Å². The Balaban J connectivity index is 1.36. The molecule has 2 saturated heterocycles. The van der Waals surface area contributed by atoms with Gasteiger partial charge in [0, 0.05) is 36.0 Å². The van der Waals surface area contributed by atoms with Crippen molar-refractivity contribution in [1.29, 1.82) is 0 Å². The molecule has 1 atom stereocenters. The molecule has 0 aliphatic carbocycles. The number of halogens is 1. The summed E-state index contributed by atoms with van der Waals surface area (Å²) in [6.07, 6.45) is 3.60. The first-order valence-corrected chi connectivity index (χ1v) is 10.1. The average molecular weight is 380 g/mol. The molecular formula is C18H22ClN3O2S. The highest BCUT2D eigenvalue weighted by Crippen LogP contribution is 2.40. The van der Waals surface area contributed by atoms with E-state index in [1.807, 2.05) is 17.0 Å². The van der Waals surface area contributed by atoms with E-state index in [9.17, 15) is 9.59 Å². The average Bonchev–Trinajstić information content (AvgIpc) is 3.04. The van der Waals surface area contributed by atoms with Crippen LogP contribution >= 0.6 is 23.4 Å². The molecule has 3 aliphatic rings. The maximum atomic E-state index is 12.7. The van der Waals surface area contributed by atoms with E-state index < -0.39 is 0 Å². The molecule has 134 valence electrons.